The van der Waals surface area contributed by atoms with Crippen LogP contribution < -0.4 is 10.6 Å². The summed E-state index contributed by atoms with van der Waals surface area (Å²) in [7, 11) is 0. The third-order valence-electron chi connectivity index (χ3n) is 6.25. The summed E-state index contributed by atoms with van der Waals surface area (Å²) in [5.41, 5.74) is 2.65. The minimum Gasteiger partial charge on any atom is -0.338 e. The summed E-state index contributed by atoms with van der Waals surface area (Å²) in [6, 6.07) is 11.3. The maximum absolute atomic E-state index is 13.3. The van der Waals surface area contributed by atoms with Gasteiger partial charge in [-0.2, -0.15) is 0 Å². The van der Waals surface area contributed by atoms with Crippen LogP contribution in [0, 0.1) is 12.8 Å². The number of nitrogens with one attached hydrogen (secondary N) is 2. The number of anilines is 1. The zero-order valence-corrected chi connectivity index (χ0v) is 19.5. The van der Waals surface area contributed by atoms with Crippen molar-refractivity contribution >= 4 is 29.4 Å². The molecule has 1 saturated heterocycles. The molecule has 1 aromatic heterocycles. The fraction of sp³-hybridized carbons (Fsp3) is 0.480. The number of thioether (sulfide) groups is 1. The zero-order chi connectivity index (χ0) is 22.3. The van der Waals surface area contributed by atoms with Gasteiger partial charge in [0.05, 0.1) is 5.56 Å². The van der Waals surface area contributed by atoms with Crippen LogP contribution in [-0.4, -0.2) is 46.7 Å². The lowest BCUT2D eigenvalue weighted by Crippen LogP contribution is -2.44. The lowest BCUT2D eigenvalue weighted by atomic mass is 9.97. The van der Waals surface area contributed by atoms with Gasteiger partial charge in [0, 0.05) is 36.8 Å². The van der Waals surface area contributed by atoms with Gasteiger partial charge in [-0.25, -0.2) is 9.78 Å². The molecule has 170 valence electrons. The molecule has 1 unspecified atom stereocenters. The quantitative estimate of drug-likeness (QED) is 0.640. The highest BCUT2D eigenvalue weighted by Crippen LogP contribution is 2.35. The highest BCUT2D eigenvalue weighted by molar-refractivity contribution is 7.99. The summed E-state index contributed by atoms with van der Waals surface area (Å²) >= 11 is 1.76. The molecule has 1 aliphatic carbocycles. The molecule has 1 saturated carbocycles. The van der Waals surface area contributed by atoms with Crippen molar-refractivity contribution < 1.29 is 9.59 Å². The first-order valence-electron chi connectivity index (χ1n) is 11.6. The number of pyridine rings is 1. The Morgan fingerprint density at radius 1 is 1.09 bits per heavy atom. The van der Waals surface area contributed by atoms with Crippen LogP contribution in [0.4, 0.5) is 10.5 Å². The van der Waals surface area contributed by atoms with Gasteiger partial charge in [0.2, 0.25) is 0 Å². The number of nitrogens with zero attached hydrogens (tertiary/aromatic N) is 2. The van der Waals surface area contributed by atoms with Crippen LogP contribution in [0.3, 0.4) is 0 Å². The summed E-state index contributed by atoms with van der Waals surface area (Å²) in [6.07, 6.45) is 8.68. The summed E-state index contributed by atoms with van der Waals surface area (Å²) in [5, 5.41) is 7.27. The topological polar surface area (TPSA) is 74.3 Å². The van der Waals surface area contributed by atoms with E-state index in [2.05, 4.69) is 15.6 Å². The number of aromatic nitrogens is 1. The van der Waals surface area contributed by atoms with Crippen LogP contribution in [0.15, 0.2) is 47.6 Å². The fourth-order valence-electron chi connectivity index (χ4n) is 4.45. The first kappa shape index (κ1) is 22.6. The predicted molar refractivity (Wildman–Crippen MR) is 129 cm³/mol. The van der Waals surface area contributed by atoms with Crippen molar-refractivity contribution in [3.8, 4) is 0 Å². The number of carbonyl (C=O) groups excluding carboxylic acids is 2. The molecule has 32 heavy (non-hydrogen) atoms. The van der Waals surface area contributed by atoms with E-state index in [1.165, 1.54) is 25.7 Å². The summed E-state index contributed by atoms with van der Waals surface area (Å²) in [6.45, 7) is 3.99. The first-order valence-corrected chi connectivity index (χ1v) is 12.5. The number of hydrogen-bond donors (Lipinski definition) is 2. The molecule has 3 amide bonds. The van der Waals surface area contributed by atoms with E-state index >= 15 is 0 Å². The predicted octanol–water partition coefficient (Wildman–Crippen LogP) is 5.10. The Kier molecular flexibility index (Phi) is 7.68. The van der Waals surface area contributed by atoms with Crippen molar-refractivity contribution in [2.75, 3.05) is 25.0 Å². The molecule has 6 nitrogen and oxygen atoms in total. The number of amides is 3. The number of urea groups is 1. The molecule has 1 aromatic carbocycles. The van der Waals surface area contributed by atoms with E-state index in [9.17, 15) is 9.59 Å². The van der Waals surface area contributed by atoms with Crippen molar-refractivity contribution in [2.24, 2.45) is 5.92 Å². The Labute approximate surface area is 194 Å². The molecule has 1 aliphatic heterocycles. The van der Waals surface area contributed by atoms with Gasteiger partial charge < -0.3 is 15.5 Å². The van der Waals surface area contributed by atoms with E-state index in [0.29, 0.717) is 18.3 Å². The summed E-state index contributed by atoms with van der Waals surface area (Å²) in [5.74, 6) is 0.312. The number of rotatable bonds is 6. The Balaban J connectivity index is 1.31. The maximum Gasteiger partial charge on any atom is 0.319 e. The molecule has 2 N–H and O–H groups in total. The summed E-state index contributed by atoms with van der Waals surface area (Å²) in [4.78, 5) is 32.1. The van der Waals surface area contributed by atoms with Crippen molar-refractivity contribution in [1.82, 2.24) is 15.2 Å². The minimum absolute atomic E-state index is 0.0624. The van der Waals surface area contributed by atoms with Gasteiger partial charge in [-0.15, -0.1) is 11.8 Å². The maximum atomic E-state index is 13.3. The molecule has 2 fully saturated rings. The third-order valence-corrected chi connectivity index (χ3v) is 7.60. The Bertz CT molecular complexity index is 928. The minimum atomic E-state index is -0.209. The number of piperidine rings is 1. The van der Waals surface area contributed by atoms with Gasteiger partial charge in [0.1, 0.15) is 5.03 Å². The number of carbonyl (C=O) groups is 2. The van der Waals surface area contributed by atoms with Crippen LogP contribution in [0.1, 0.15) is 54.4 Å². The molecule has 1 atom stereocenters. The highest BCUT2D eigenvalue weighted by Gasteiger charge is 2.27. The molecular weight excluding hydrogens is 420 g/mol. The summed E-state index contributed by atoms with van der Waals surface area (Å²) < 4.78 is 0. The zero-order valence-electron chi connectivity index (χ0n) is 18.7. The second-order valence-electron chi connectivity index (χ2n) is 8.84. The SMILES string of the molecule is Cc1ccc(NC(=O)NCC2CCCN(C(=O)c3cccnc3SC3CCCC3)C2)cc1. The van der Waals surface area contributed by atoms with Gasteiger partial charge >= 0.3 is 6.03 Å². The monoisotopic (exact) mass is 452 g/mol. The van der Waals surface area contributed by atoms with Gasteiger partial charge in [-0.3, -0.25) is 4.79 Å². The smallest absolute Gasteiger partial charge is 0.319 e. The average Bonchev–Trinajstić information content (AvgIpc) is 3.32. The molecule has 7 heteroatoms. The second kappa shape index (κ2) is 10.9. The van der Waals surface area contributed by atoms with Crippen LogP contribution in [-0.2, 0) is 0 Å². The molecule has 2 aromatic rings. The molecular formula is C25H32N4O2S. The van der Waals surface area contributed by atoms with E-state index < -0.39 is 0 Å². The van der Waals surface area contributed by atoms with Crippen molar-refractivity contribution in [3.05, 3.63) is 53.7 Å². The van der Waals surface area contributed by atoms with Crippen LogP contribution in [0.25, 0.3) is 0 Å². The Morgan fingerprint density at radius 3 is 2.66 bits per heavy atom. The van der Waals surface area contributed by atoms with E-state index in [1.54, 1.807) is 18.0 Å². The average molecular weight is 453 g/mol. The van der Waals surface area contributed by atoms with E-state index in [-0.39, 0.29) is 17.9 Å². The van der Waals surface area contributed by atoms with Gasteiger partial charge in [-0.05, 0) is 62.8 Å². The number of hydrogen-bond acceptors (Lipinski definition) is 4. The van der Waals surface area contributed by atoms with Crippen molar-refractivity contribution in [2.45, 2.75) is 55.7 Å². The van der Waals surface area contributed by atoms with E-state index in [1.807, 2.05) is 48.2 Å². The molecule has 0 bridgehead atoms. The van der Waals surface area contributed by atoms with Crippen LogP contribution in [0.2, 0.25) is 0 Å². The highest BCUT2D eigenvalue weighted by atomic mass is 32.2. The second-order valence-corrected chi connectivity index (χ2v) is 10.1. The fourth-order valence-corrected chi connectivity index (χ4v) is 5.74. The van der Waals surface area contributed by atoms with Gasteiger partial charge in [0.15, 0.2) is 0 Å². The largest absolute Gasteiger partial charge is 0.338 e. The molecule has 4 rings (SSSR count). The molecule has 0 radical (unpaired) electrons. The van der Waals surface area contributed by atoms with Gasteiger partial charge in [-0.1, -0.05) is 30.5 Å². The third kappa shape index (κ3) is 6.03. The Morgan fingerprint density at radius 2 is 1.88 bits per heavy atom. The number of benzene rings is 1. The van der Waals surface area contributed by atoms with Crippen molar-refractivity contribution in [1.29, 1.82) is 0 Å². The molecule has 0 spiro atoms. The lowest BCUT2D eigenvalue weighted by molar-refractivity contribution is 0.0670. The van der Waals surface area contributed by atoms with E-state index in [4.69, 9.17) is 0 Å². The molecule has 2 heterocycles. The molecule has 2 aliphatic rings. The standard InChI is InChI=1S/C25H32N4O2S/c1-18-10-12-20(13-11-18)28-25(31)27-16-19-6-5-15-29(17-19)24(30)22-9-4-14-26-23(22)32-21-7-2-3-8-21/h4,9-14,19,21H,2-3,5-8,15-17H2,1H3,(H2,27,28,31). The first-order chi connectivity index (χ1) is 15.6. The van der Waals surface area contributed by atoms with E-state index in [0.717, 1.165) is 41.2 Å². The normalized spacial score (nSPS) is 19.0. The van der Waals surface area contributed by atoms with Crippen LogP contribution >= 0.6 is 11.8 Å². The van der Waals surface area contributed by atoms with Crippen molar-refractivity contribution in [3.63, 3.8) is 0 Å². The number of likely N-dealkylation sites (tertiary alicyclic amines) is 1. The number of aryl methyl sites for hydroxylation is 1. The van der Waals surface area contributed by atoms with Gasteiger partial charge in [0.25, 0.3) is 5.91 Å². The Hall–Kier alpha value is -2.54. The lowest BCUT2D eigenvalue weighted by Gasteiger charge is -2.33. The van der Waals surface area contributed by atoms with Crippen LogP contribution in [0.5, 0.6) is 0 Å².